The van der Waals surface area contributed by atoms with Gasteiger partial charge in [0.15, 0.2) is 9.84 Å². The molecule has 0 radical (unpaired) electrons. The second kappa shape index (κ2) is 5.40. The average molecular weight is 362 g/mol. The van der Waals surface area contributed by atoms with Gasteiger partial charge >= 0.3 is 5.97 Å². The van der Waals surface area contributed by atoms with E-state index in [9.17, 15) is 13.2 Å². The Balaban J connectivity index is 2.31. The third kappa shape index (κ3) is 3.20. The molecule has 0 spiro atoms. The van der Waals surface area contributed by atoms with Crippen LogP contribution in [0.5, 0.6) is 0 Å². The number of benzene rings is 1. The van der Waals surface area contributed by atoms with Crippen LogP contribution in [0.3, 0.4) is 0 Å². The van der Waals surface area contributed by atoms with E-state index in [4.69, 9.17) is 5.11 Å². The molecule has 1 N–H and O–H groups in total. The molecular formula is C11H8BrNO4S2. The Morgan fingerprint density at radius 3 is 2.63 bits per heavy atom. The van der Waals surface area contributed by atoms with Gasteiger partial charge in [-0.3, -0.25) is 0 Å². The smallest absolute Gasteiger partial charge is 0.365 e. The van der Waals surface area contributed by atoms with E-state index in [1.807, 2.05) is 0 Å². The number of carbonyl (C=O) groups is 1. The average Bonchev–Trinajstić information content (AvgIpc) is 2.77. The van der Waals surface area contributed by atoms with Crippen molar-refractivity contribution in [2.75, 3.05) is 0 Å². The Labute approximate surface area is 122 Å². The fraction of sp³-hybridized carbons (Fsp3) is 0.0909. The van der Waals surface area contributed by atoms with E-state index >= 15 is 0 Å². The van der Waals surface area contributed by atoms with Crippen LogP contribution in [0, 0.1) is 0 Å². The number of aromatic nitrogens is 1. The zero-order valence-corrected chi connectivity index (χ0v) is 12.6. The number of hydrogen-bond donors (Lipinski definition) is 1. The molecule has 0 unspecified atom stereocenters. The van der Waals surface area contributed by atoms with Crippen LogP contribution in [0.1, 0.15) is 15.5 Å². The van der Waals surface area contributed by atoms with E-state index in [0.29, 0.717) is 4.47 Å². The third-order valence-corrected chi connectivity index (χ3v) is 5.78. The number of carboxylic acids is 1. The molecule has 1 aromatic carbocycles. The summed E-state index contributed by atoms with van der Waals surface area (Å²) in [7, 11) is -3.55. The second-order valence-corrected chi connectivity index (χ2v) is 7.31. The molecule has 0 bridgehead atoms. The summed E-state index contributed by atoms with van der Waals surface area (Å²) in [5.74, 6) is -1.48. The van der Waals surface area contributed by atoms with Crippen molar-refractivity contribution in [2.45, 2.75) is 10.6 Å². The van der Waals surface area contributed by atoms with E-state index in [0.717, 1.165) is 11.3 Å². The summed E-state index contributed by atoms with van der Waals surface area (Å²) in [5.41, 5.74) is 0.234. The van der Waals surface area contributed by atoms with Gasteiger partial charge in [0.1, 0.15) is 0 Å². The summed E-state index contributed by atoms with van der Waals surface area (Å²) in [6, 6.07) is 6.47. The first kappa shape index (κ1) is 14.2. The normalized spacial score (nSPS) is 11.4. The minimum absolute atomic E-state index is 0.114. The molecule has 0 aliphatic carbocycles. The minimum atomic E-state index is -3.55. The Bertz CT molecular complexity index is 724. The maximum Gasteiger partial charge on any atom is 0.365 e. The first-order chi connectivity index (χ1) is 8.90. The monoisotopic (exact) mass is 361 g/mol. The van der Waals surface area contributed by atoms with E-state index in [2.05, 4.69) is 20.9 Å². The standard InChI is InChI=1S/C11H8BrNO4S2/c12-8-3-1-2-4-9(8)19(16,17)6-7-5-18-10(13-7)11(14)15/h1-5H,6H2,(H,14,15). The van der Waals surface area contributed by atoms with Crippen LogP contribution in [-0.2, 0) is 15.6 Å². The highest BCUT2D eigenvalue weighted by atomic mass is 79.9. The Morgan fingerprint density at radius 2 is 2.05 bits per heavy atom. The van der Waals surface area contributed by atoms with E-state index in [1.54, 1.807) is 18.2 Å². The van der Waals surface area contributed by atoms with Gasteiger partial charge in [-0.05, 0) is 28.1 Å². The molecule has 0 fully saturated rings. The van der Waals surface area contributed by atoms with E-state index < -0.39 is 15.8 Å². The molecular weight excluding hydrogens is 354 g/mol. The highest BCUT2D eigenvalue weighted by Gasteiger charge is 2.20. The molecule has 1 aromatic heterocycles. The lowest BCUT2D eigenvalue weighted by Gasteiger charge is -2.04. The van der Waals surface area contributed by atoms with E-state index in [-0.39, 0.29) is 21.3 Å². The van der Waals surface area contributed by atoms with Gasteiger partial charge in [-0.15, -0.1) is 11.3 Å². The van der Waals surface area contributed by atoms with Gasteiger partial charge in [-0.1, -0.05) is 12.1 Å². The molecule has 0 saturated carbocycles. The Hall–Kier alpha value is -1.25. The summed E-state index contributed by atoms with van der Waals surface area (Å²) in [6.45, 7) is 0. The molecule has 5 nitrogen and oxygen atoms in total. The highest BCUT2D eigenvalue weighted by molar-refractivity contribution is 9.10. The number of thiazole rings is 1. The zero-order valence-electron chi connectivity index (χ0n) is 9.41. The van der Waals surface area contributed by atoms with Crippen LogP contribution >= 0.6 is 27.3 Å². The van der Waals surface area contributed by atoms with Crippen molar-refractivity contribution in [3.05, 3.63) is 44.8 Å². The van der Waals surface area contributed by atoms with Gasteiger partial charge in [0.05, 0.1) is 16.3 Å². The summed E-state index contributed by atoms with van der Waals surface area (Å²) < 4.78 is 24.9. The topological polar surface area (TPSA) is 84.3 Å². The molecule has 0 aliphatic rings. The first-order valence-electron chi connectivity index (χ1n) is 5.05. The molecule has 0 atom stereocenters. The van der Waals surface area contributed by atoms with Crippen LogP contribution < -0.4 is 0 Å². The fourth-order valence-corrected chi connectivity index (χ4v) is 4.57. The van der Waals surface area contributed by atoms with E-state index in [1.165, 1.54) is 11.4 Å². The van der Waals surface area contributed by atoms with Gasteiger partial charge in [0.2, 0.25) is 5.01 Å². The van der Waals surface area contributed by atoms with Crippen LogP contribution in [0.25, 0.3) is 0 Å². The molecule has 0 amide bonds. The number of carboxylic acid groups (broad SMARTS) is 1. The number of halogens is 1. The second-order valence-electron chi connectivity index (χ2n) is 3.64. The summed E-state index contributed by atoms with van der Waals surface area (Å²) in [5, 5.41) is 10.1. The molecule has 100 valence electrons. The Kier molecular flexibility index (Phi) is 4.02. The quantitative estimate of drug-likeness (QED) is 0.904. The first-order valence-corrected chi connectivity index (χ1v) is 8.37. The molecule has 0 saturated heterocycles. The lowest BCUT2D eigenvalue weighted by molar-refractivity contribution is 0.0696. The highest BCUT2D eigenvalue weighted by Crippen LogP contribution is 2.25. The van der Waals surface area contributed by atoms with Crippen molar-refractivity contribution in [1.82, 2.24) is 4.98 Å². The summed E-state index contributed by atoms with van der Waals surface area (Å²) in [6.07, 6.45) is 0. The number of rotatable bonds is 4. The Morgan fingerprint density at radius 1 is 1.37 bits per heavy atom. The van der Waals surface area contributed by atoms with Crippen molar-refractivity contribution >= 4 is 43.1 Å². The minimum Gasteiger partial charge on any atom is -0.476 e. The fourth-order valence-electron chi connectivity index (χ4n) is 1.44. The molecule has 2 rings (SSSR count). The van der Waals surface area contributed by atoms with Crippen LogP contribution in [0.2, 0.25) is 0 Å². The lowest BCUT2D eigenvalue weighted by Crippen LogP contribution is -2.06. The van der Waals surface area contributed by atoms with Gasteiger partial charge < -0.3 is 5.11 Å². The maximum atomic E-state index is 12.2. The van der Waals surface area contributed by atoms with Crippen molar-refractivity contribution in [3.63, 3.8) is 0 Å². The number of sulfone groups is 1. The van der Waals surface area contributed by atoms with Crippen molar-refractivity contribution in [3.8, 4) is 0 Å². The summed E-state index contributed by atoms with van der Waals surface area (Å²) >= 11 is 4.09. The molecule has 2 aromatic rings. The zero-order chi connectivity index (χ0) is 14.0. The molecule has 1 heterocycles. The van der Waals surface area contributed by atoms with Crippen molar-refractivity contribution in [2.24, 2.45) is 0 Å². The van der Waals surface area contributed by atoms with Crippen molar-refractivity contribution in [1.29, 1.82) is 0 Å². The predicted molar refractivity (Wildman–Crippen MR) is 74.1 cm³/mol. The van der Waals surface area contributed by atoms with Gasteiger partial charge in [0, 0.05) is 9.85 Å². The largest absolute Gasteiger partial charge is 0.476 e. The van der Waals surface area contributed by atoms with Gasteiger partial charge in [-0.2, -0.15) is 0 Å². The van der Waals surface area contributed by atoms with Gasteiger partial charge in [-0.25, -0.2) is 18.2 Å². The number of hydrogen-bond acceptors (Lipinski definition) is 5. The molecule has 0 aliphatic heterocycles. The van der Waals surface area contributed by atoms with Gasteiger partial charge in [0.25, 0.3) is 0 Å². The SMILES string of the molecule is O=C(O)c1nc(CS(=O)(=O)c2ccccc2Br)cs1. The maximum absolute atomic E-state index is 12.2. The summed E-state index contributed by atoms with van der Waals surface area (Å²) in [4.78, 5) is 14.6. The van der Waals surface area contributed by atoms with Crippen molar-refractivity contribution < 1.29 is 18.3 Å². The molecule has 19 heavy (non-hydrogen) atoms. The predicted octanol–water partition coefficient (Wildman–Crippen LogP) is 2.58. The number of aromatic carboxylic acids is 1. The third-order valence-electron chi connectivity index (χ3n) is 2.24. The van der Waals surface area contributed by atoms with Crippen LogP contribution in [0.15, 0.2) is 39.0 Å². The van der Waals surface area contributed by atoms with Crippen LogP contribution in [-0.4, -0.2) is 24.5 Å². The lowest BCUT2D eigenvalue weighted by atomic mass is 10.4. The van der Waals surface area contributed by atoms with Crippen LogP contribution in [0.4, 0.5) is 0 Å². The molecule has 8 heteroatoms. The number of nitrogens with zero attached hydrogens (tertiary/aromatic N) is 1.